The van der Waals surface area contributed by atoms with Crippen LogP contribution in [0, 0.1) is 0 Å². The molecule has 1 atom stereocenters. The van der Waals surface area contributed by atoms with E-state index in [2.05, 4.69) is 10.6 Å². The number of hydrogen-bond acceptors (Lipinski definition) is 4. The third-order valence-electron chi connectivity index (χ3n) is 2.62. The van der Waals surface area contributed by atoms with Crippen LogP contribution in [-0.4, -0.2) is 25.0 Å². The van der Waals surface area contributed by atoms with E-state index >= 15 is 0 Å². The van der Waals surface area contributed by atoms with Crippen molar-refractivity contribution >= 4 is 35.6 Å². The van der Waals surface area contributed by atoms with Gasteiger partial charge in [-0.2, -0.15) is 0 Å². The smallest absolute Gasteiger partial charge is 0.224 e. The summed E-state index contributed by atoms with van der Waals surface area (Å²) in [7, 11) is 1.52. The highest BCUT2D eigenvalue weighted by molar-refractivity contribution is 5.94. The minimum Gasteiger partial charge on any atom is -0.495 e. The van der Waals surface area contributed by atoms with Gasteiger partial charge in [0.05, 0.1) is 12.8 Å². The Morgan fingerprint density at radius 1 is 1.33 bits per heavy atom. The lowest BCUT2D eigenvalue weighted by molar-refractivity contribution is -0.116. The fourth-order valence-corrected chi connectivity index (χ4v) is 1.66. The summed E-state index contributed by atoms with van der Waals surface area (Å²) < 4.78 is 5.18. The first kappa shape index (κ1) is 19.2. The third-order valence-corrected chi connectivity index (χ3v) is 2.62. The van der Waals surface area contributed by atoms with E-state index in [-0.39, 0.29) is 30.3 Å². The number of benzene rings is 1. The molecule has 4 N–H and O–H groups in total. The van der Waals surface area contributed by atoms with E-state index < -0.39 is 0 Å². The summed E-state index contributed by atoms with van der Waals surface area (Å²) in [5.41, 5.74) is 6.74. The van der Waals surface area contributed by atoms with Gasteiger partial charge in [0.25, 0.3) is 0 Å². The van der Waals surface area contributed by atoms with Gasteiger partial charge in [-0.05, 0) is 31.5 Å². The number of nitrogens with two attached hydrogens (primary N) is 1. The van der Waals surface area contributed by atoms with Gasteiger partial charge in [0, 0.05) is 25.1 Å². The molecule has 1 unspecified atom stereocenters. The molecule has 118 valence electrons. The molecule has 1 rings (SSSR count). The molecule has 0 aliphatic heterocycles. The minimum absolute atomic E-state index is 0. The van der Waals surface area contributed by atoms with Crippen molar-refractivity contribution in [2.24, 2.45) is 5.73 Å². The second kappa shape index (κ2) is 9.20. The lowest BCUT2D eigenvalue weighted by Crippen LogP contribution is -2.19. The maximum Gasteiger partial charge on any atom is 0.224 e. The Bertz CT molecular complexity index is 492. The first-order valence-electron chi connectivity index (χ1n) is 6.43. The van der Waals surface area contributed by atoms with E-state index in [0.29, 0.717) is 30.0 Å². The predicted octanol–water partition coefficient (Wildman–Crippen LogP) is 2.14. The lowest BCUT2D eigenvalue weighted by atomic mass is 10.2. The minimum atomic E-state index is -0.176. The van der Waals surface area contributed by atoms with Crippen LogP contribution < -0.4 is 21.1 Å². The van der Waals surface area contributed by atoms with Crippen LogP contribution in [0.4, 0.5) is 11.4 Å². The summed E-state index contributed by atoms with van der Waals surface area (Å²) in [4.78, 5) is 22.8. The number of rotatable bonds is 6. The summed E-state index contributed by atoms with van der Waals surface area (Å²) in [5.74, 6) is 0.221. The van der Waals surface area contributed by atoms with Crippen molar-refractivity contribution in [3.8, 4) is 5.75 Å². The number of nitrogens with one attached hydrogen (secondary N) is 2. The van der Waals surface area contributed by atoms with Gasteiger partial charge in [-0.1, -0.05) is 0 Å². The maximum atomic E-state index is 11.8. The van der Waals surface area contributed by atoms with E-state index in [0.717, 1.165) is 0 Å². The van der Waals surface area contributed by atoms with Gasteiger partial charge in [-0.25, -0.2) is 0 Å². The highest BCUT2D eigenvalue weighted by Crippen LogP contribution is 2.28. The van der Waals surface area contributed by atoms with E-state index in [1.165, 1.54) is 14.0 Å². The summed E-state index contributed by atoms with van der Waals surface area (Å²) in [6.45, 7) is 3.27. The molecule has 0 aromatic heterocycles. The Kier molecular flexibility index (Phi) is 8.42. The molecule has 2 amide bonds. The Morgan fingerprint density at radius 3 is 2.52 bits per heavy atom. The highest BCUT2D eigenvalue weighted by atomic mass is 35.5. The van der Waals surface area contributed by atoms with Crippen LogP contribution in [0.3, 0.4) is 0 Å². The van der Waals surface area contributed by atoms with Crippen LogP contribution in [0.2, 0.25) is 0 Å². The van der Waals surface area contributed by atoms with E-state index in [1.807, 2.05) is 6.92 Å². The molecule has 21 heavy (non-hydrogen) atoms. The normalized spacial score (nSPS) is 11.0. The van der Waals surface area contributed by atoms with Crippen molar-refractivity contribution in [3.05, 3.63) is 18.2 Å². The molecule has 0 saturated heterocycles. The molecule has 0 aliphatic rings. The largest absolute Gasteiger partial charge is 0.495 e. The first-order valence-corrected chi connectivity index (χ1v) is 6.43. The zero-order chi connectivity index (χ0) is 15.1. The zero-order valence-corrected chi connectivity index (χ0v) is 13.3. The van der Waals surface area contributed by atoms with E-state index in [4.69, 9.17) is 10.5 Å². The molecule has 0 fully saturated rings. The highest BCUT2D eigenvalue weighted by Gasteiger charge is 2.10. The Morgan fingerprint density at radius 2 is 2.00 bits per heavy atom. The number of amides is 2. The average molecular weight is 316 g/mol. The van der Waals surface area contributed by atoms with Crippen LogP contribution in [0.1, 0.15) is 26.7 Å². The maximum absolute atomic E-state index is 11.8. The van der Waals surface area contributed by atoms with Crippen molar-refractivity contribution < 1.29 is 14.3 Å². The Balaban J connectivity index is 0.00000400. The SMILES string of the molecule is COc1ccc(NC(C)=O)cc1NC(=O)CCC(C)N.Cl. The number of carbonyl (C=O) groups excluding carboxylic acids is 2. The quantitative estimate of drug-likeness (QED) is 0.749. The van der Waals surface area contributed by atoms with Crippen LogP contribution in [0.5, 0.6) is 5.75 Å². The topological polar surface area (TPSA) is 93.5 Å². The van der Waals surface area contributed by atoms with Gasteiger partial charge in [0.1, 0.15) is 5.75 Å². The molecular formula is C14H22ClN3O3. The Labute approximate surface area is 130 Å². The summed E-state index contributed by atoms with van der Waals surface area (Å²) in [5, 5.41) is 5.41. The number of anilines is 2. The van der Waals surface area contributed by atoms with Crippen LogP contribution >= 0.6 is 12.4 Å². The summed E-state index contributed by atoms with van der Waals surface area (Å²) in [6.07, 6.45) is 0.949. The monoisotopic (exact) mass is 315 g/mol. The molecule has 0 saturated carbocycles. The van der Waals surface area contributed by atoms with Gasteiger partial charge >= 0.3 is 0 Å². The molecular weight excluding hydrogens is 294 g/mol. The summed E-state index contributed by atoms with van der Waals surface area (Å²) >= 11 is 0. The fraction of sp³-hybridized carbons (Fsp3) is 0.429. The van der Waals surface area contributed by atoms with Gasteiger partial charge < -0.3 is 21.1 Å². The van der Waals surface area contributed by atoms with Crippen LogP contribution in [-0.2, 0) is 9.59 Å². The van der Waals surface area contributed by atoms with Gasteiger partial charge in [-0.15, -0.1) is 12.4 Å². The molecule has 7 heteroatoms. The molecule has 6 nitrogen and oxygen atoms in total. The lowest BCUT2D eigenvalue weighted by Gasteiger charge is -2.12. The zero-order valence-electron chi connectivity index (χ0n) is 12.4. The average Bonchev–Trinajstić information content (AvgIpc) is 2.36. The Hall–Kier alpha value is -1.79. The van der Waals surface area contributed by atoms with Crippen molar-refractivity contribution in [1.82, 2.24) is 0 Å². The second-order valence-electron chi connectivity index (χ2n) is 4.66. The number of ether oxygens (including phenoxy) is 1. The van der Waals surface area contributed by atoms with Crippen LogP contribution in [0.25, 0.3) is 0 Å². The van der Waals surface area contributed by atoms with Gasteiger partial charge in [0.15, 0.2) is 0 Å². The summed E-state index contributed by atoms with van der Waals surface area (Å²) in [6, 6.07) is 5.03. The van der Waals surface area contributed by atoms with Crippen molar-refractivity contribution in [2.45, 2.75) is 32.7 Å². The van der Waals surface area contributed by atoms with Crippen molar-refractivity contribution in [2.75, 3.05) is 17.7 Å². The molecule has 0 bridgehead atoms. The van der Waals surface area contributed by atoms with Gasteiger partial charge in [-0.3, -0.25) is 9.59 Å². The van der Waals surface area contributed by atoms with Crippen molar-refractivity contribution in [3.63, 3.8) is 0 Å². The molecule has 0 spiro atoms. The van der Waals surface area contributed by atoms with E-state index in [1.54, 1.807) is 18.2 Å². The van der Waals surface area contributed by atoms with E-state index in [9.17, 15) is 9.59 Å². The predicted molar refractivity (Wildman–Crippen MR) is 86.1 cm³/mol. The number of hydrogen-bond donors (Lipinski definition) is 3. The van der Waals surface area contributed by atoms with Gasteiger partial charge in [0.2, 0.25) is 11.8 Å². The molecule has 0 radical (unpaired) electrons. The molecule has 0 aliphatic carbocycles. The fourth-order valence-electron chi connectivity index (χ4n) is 1.66. The number of halogens is 1. The van der Waals surface area contributed by atoms with Crippen molar-refractivity contribution in [1.29, 1.82) is 0 Å². The first-order chi connectivity index (χ1) is 9.42. The standard InChI is InChI=1S/C14H21N3O3.ClH/c1-9(15)4-7-14(19)17-12-8-11(16-10(2)18)5-6-13(12)20-3;/h5-6,8-9H,4,7,15H2,1-3H3,(H,16,18)(H,17,19);1H. The number of methoxy groups -OCH3 is 1. The third kappa shape index (κ3) is 6.97. The molecule has 0 heterocycles. The molecule has 1 aromatic carbocycles. The molecule has 1 aromatic rings. The second-order valence-corrected chi connectivity index (χ2v) is 4.66. The number of carbonyl (C=O) groups is 2. The van der Waals surface area contributed by atoms with Crippen LogP contribution in [0.15, 0.2) is 18.2 Å².